The quantitative estimate of drug-likeness (QED) is 0.515. The standard InChI is InChI=1S/C19H23FN4O2S2/c1-4-16(25)24(15-9-10-15)18-22-23-19(28-18)27-12(3)17(26)21-11(2)13-5-7-14(20)8-6-13/h5-8,11-12,15H,4,9-10H2,1-3H3,(H,21,26)/t11-,12+/m0/s1. The highest BCUT2D eigenvalue weighted by atomic mass is 32.2. The van der Waals surface area contributed by atoms with Crippen LogP contribution in [0, 0.1) is 5.82 Å². The highest BCUT2D eigenvalue weighted by Crippen LogP contribution is 2.37. The van der Waals surface area contributed by atoms with Crippen molar-refractivity contribution in [2.75, 3.05) is 4.90 Å². The van der Waals surface area contributed by atoms with Crippen molar-refractivity contribution >= 4 is 40.0 Å². The van der Waals surface area contributed by atoms with Crippen LogP contribution in [0.2, 0.25) is 0 Å². The maximum absolute atomic E-state index is 13.0. The molecular weight excluding hydrogens is 399 g/mol. The zero-order chi connectivity index (χ0) is 20.3. The van der Waals surface area contributed by atoms with E-state index in [9.17, 15) is 14.0 Å². The maximum Gasteiger partial charge on any atom is 0.233 e. The Kier molecular flexibility index (Phi) is 6.66. The lowest BCUT2D eigenvalue weighted by Crippen LogP contribution is -2.33. The van der Waals surface area contributed by atoms with Crippen molar-refractivity contribution < 1.29 is 14.0 Å². The van der Waals surface area contributed by atoms with Gasteiger partial charge >= 0.3 is 0 Å². The molecule has 1 heterocycles. The smallest absolute Gasteiger partial charge is 0.233 e. The molecule has 1 aromatic heterocycles. The van der Waals surface area contributed by atoms with Gasteiger partial charge in [0.15, 0.2) is 4.34 Å². The van der Waals surface area contributed by atoms with Crippen LogP contribution in [0.1, 0.15) is 51.6 Å². The highest BCUT2D eigenvalue weighted by Gasteiger charge is 2.35. The van der Waals surface area contributed by atoms with E-state index in [0.29, 0.717) is 15.9 Å². The summed E-state index contributed by atoms with van der Waals surface area (Å²) in [5, 5.41) is 11.5. The van der Waals surface area contributed by atoms with E-state index in [1.165, 1.54) is 35.2 Å². The molecule has 0 aliphatic heterocycles. The van der Waals surface area contributed by atoms with Gasteiger partial charge in [-0.1, -0.05) is 42.2 Å². The fourth-order valence-electron chi connectivity index (χ4n) is 2.69. The van der Waals surface area contributed by atoms with Crippen LogP contribution in [0.15, 0.2) is 28.6 Å². The van der Waals surface area contributed by atoms with Gasteiger partial charge in [-0.25, -0.2) is 4.39 Å². The number of carbonyl (C=O) groups excluding carboxylic acids is 2. The van der Waals surface area contributed by atoms with Gasteiger partial charge in [0.05, 0.1) is 11.3 Å². The first-order valence-electron chi connectivity index (χ1n) is 9.27. The van der Waals surface area contributed by atoms with Crippen molar-refractivity contribution in [3.8, 4) is 0 Å². The first-order valence-corrected chi connectivity index (χ1v) is 11.0. The maximum atomic E-state index is 13.0. The van der Waals surface area contributed by atoms with Gasteiger partial charge in [0.25, 0.3) is 0 Å². The Morgan fingerprint density at radius 3 is 2.57 bits per heavy atom. The molecule has 2 atom stereocenters. The lowest BCUT2D eigenvalue weighted by Gasteiger charge is -2.17. The largest absolute Gasteiger partial charge is 0.349 e. The van der Waals surface area contributed by atoms with Crippen molar-refractivity contribution in [3.63, 3.8) is 0 Å². The van der Waals surface area contributed by atoms with Crippen LogP contribution in [0.5, 0.6) is 0 Å². The average Bonchev–Trinajstić information content (AvgIpc) is 3.40. The van der Waals surface area contributed by atoms with Crippen LogP contribution in [0.4, 0.5) is 9.52 Å². The first-order chi connectivity index (χ1) is 13.4. The number of amides is 2. The molecule has 0 bridgehead atoms. The van der Waals surface area contributed by atoms with Gasteiger partial charge in [-0.15, -0.1) is 10.2 Å². The van der Waals surface area contributed by atoms with E-state index in [1.807, 2.05) is 13.8 Å². The minimum absolute atomic E-state index is 0.0501. The topological polar surface area (TPSA) is 75.2 Å². The predicted molar refractivity (Wildman–Crippen MR) is 109 cm³/mol. The van der Waals surface area contributed by atoms with E-state index < -0.39 is 0 Å². The van der Waals surface area contributed by atoms with E-state index >= 15 is 0 Å². The summed E-state index contributed by atoms with van der Waals surface area (Å²) in [5.74, 6) is -0.392. The van der Waals surface area contributed by atoms with Crippen molar-refractivity contribution in [1.29, 1.82) is 0 Å². The number of hydrogen-bond donors (Lipinski definition) is 1. The summed E-state index contributed by atoms with van der Waals surface area (Å²) < 4.78 is 13.7. The van der Waals surface area contributed by atoms with Crippen LogP contribution >= 0.6 is 23.1 Å². The third kappa shape index (κ3) is 5.08. The number of aromatic nitrogens is 2. The Hall–Kier alpha value is -2.00. The number of nitrogens with one attached hydrogen (secondary N) is 1. The molecule has 9 heteroatoms. The molecule has 2 aromatic rings. The number of halogens is 1. The zero-order valence-electron chi connectivity index (χ0n) is 16.0. The van der Waals surface area contributed by atoms with Crippen LogP contribution in [-0.4, -0.2) is 33.3 Å². The van der Waals surface area contributed by atoms with Crippen LogP contribution in [-0.2, 0) is 9.59 Å². The first kappa shape index (κ1) is 20.7. The molecule has 1 N–H and O–H groups in total. The highest BCUT2D eigenvalue weighted by molar-refractivity contribution is 8.02. The fourth-order valence-corrected chi connectivity index (χ4v) is 4.77. The number of rotatable bonds is 8. The lowest BCUT2D eigenvalue weighted by atomic mass is 10.1. The van der Waals surface area contributed by atoms with Gasteiger partial charge in [0.1, 0.15) is 5.82 Å². The molecule has 1 fully saturated rings. The second-order valence-corrected chi connectivity index (χ2v) is 9.28. The molecule has 150 valence electrons. The van der Waals surface area contributed by atoms with Gasteiger partial charge in [-0.3, -0.25) is 14.5 Å². The fraction of sp³-hybridized carbons (Fsp3) is 0.474. The van der Waals surface area contributed by atoms with Crippen LogP contribution < -0.4 is 10.2 Å². The summed E-state index contributed by atoms with van der Waals surface area (Å²) >= 11 is 2.66. The number of nitrogens with zero attached hydrogens (tertiary/aromatic N) is 3. The van der Waals surface area contributed by atoms with Gasteiger partial charge in [0, 0.05) is 12.5 Å². The molecule has 3 rings (SSSR count). The summed E-state index contributed by atoms with van der Waals surface area (Å²) in [7, 11) is 0. The van der Waals surface area contributed by atoms with Crippen LogP contribution in [0.3, 0.4) is 0 Å². The lowest BCUT2D eigenvalue weighted by molar-refractivity contribution is -0.121. The summed E-state index contributed by atoms with van der Waals surface area (Å²) in [6, 6.07) is 6.08. The summed E-state index contributed by atoms with van der Waals surface area (Å²) in [5.41, 5.74) is 0.836. The Bertz CT molecular complexity index is 839. The third-order valence-corrected chi connectivity index (χ3v) is 6.57. The second-order valence-electron chi connectivity index (χ2n) is 6.74. The minimum atomic E-state index is -0.375. The molecule has 0 radical (unpaired) electrons. The molecule has 1 aromatic carbocycles. The molecule has 1 aliphatic carbocycles. The SMILES string of the molecule is CCC(=O)N(c1nnc(S[C@H](C)C(=O)N[C@@H](C)c2ccc(F)cc2)s1)C1CC1. The normalized spacial score (nSPS) is 15.7. The number of benzene rings is 1. The molecule has 1 saturated carbocycles. The number of hydrogen-bond acceptors (Lipinski definition) is 6. The molecule has 0 saturated heterocycles. The Balaban J connectivity index is 1.59. The van der Waals surface area contributed by atoms with E-state index in [4.69, 9.17) is 0 Å². The molecule has 6 nitrogen and oxygen atoms in total. The van der Waals surface area contributed by atoms with Crippen molar-refractivity contribution in [2.45, 2.75) is 61.7 Å². The molecule has 1 aliphatic rings. The molecular formula is C19H23FN4O2S2. The number of carbonyl (C=O) groups is 2. The Labute approximate surface area is 171 Å². The molecule has 28 heavy (non-hydrogen) atoms. The molecule has 2 amide bonds. The van der Waals surface area contributed by atoms with Crippen molar-refractivity contribution in [3.05, 3.63) is 35.6 Å². The third-order valence-electron chi connectivity index (χ3n) is 4.46. The van der Waals surface area contributed by atoms with Gasteiger partial charge < -0.3 is 5.32 Å². The minimum Gasteiger partial charge on any atom is -0.349 e. The zero-order valence-corrected chi connectivity index (χ0v) is 17.6. The molecule has 0 unspecified atom stereocenters. The van der Waals surface area contributed by atoms with E-state index in [-0.39, 0.29) is 35.0 Å². The second kappa shape index (κ2) is 9.00. The Morgan fingerprint density at radius 2 is 1.96 bits per heavy atom. The Morgan fingerprint density at radius 1 is 1.29 bits per heavy atom. The number of thioether (sulfide) groups is 1. The average molecular weight is 423 g/mol. The van der Waals surface area contributed by atoms with Crippen molar-refractivity contribution in [1.82, 2.24) is 15.5 Å². The van der Waals surface area contributed by atoms with Crippen LogP contribution in [0.25, 0.3) is 0 Å². The van der Waals surface area contributed by atoms with Gasteiger partial charge in [0.2, 0.25) is 16.9 Å². The van der Waals surface area contributed by atoms with Gasteiger partial charge in [-0.05, 0) is 44.4 Å². The summed E-state index contributed by atoms with van der Waals surface area (Å²) in [6.07, 6.45) is 2.42. The summed E-state index contributed by atoms with van der Waals surface area (Å²) in [6.45, 7) is 5.49. The van der Waals surface area contributed by atoms with E-state index in [0.717, 1.165) is 18.4 Å². The summed E-state index contributed by atoms with van der Waals surface area (Å²) in [4.78, 5) is 26.4. The van der Waals surface area contributed by atoms with E-state index in [1.54, 1.807) is 24.0 Å². The molecule has 0 spiro atoms. The van der Waals surface area contributed by atoms with E-state index in [2.05, 4.69) is 15.5 Å². The van der Waals surface area contributed by atoms with Crippen molar-refractivity contribution in [2.24, 2.45) is 0 Å². The number of anilines is 1. The monoisotopic (exact) mass is 422 g/mol. The van der Waals surface area contributed by atoms with Gasteiger partial charge in [-0.2, -0.15) is 0 Å². The predicted octanol–water partition coefficient (Wildman–Crippen LogP) is 3.94.